The van der Waals surface area contributed by atoms with Crippen LogP contribution in [-0.4, -0.2) is 11.2 Å². The lowest BCUT2D eigenvalue weighted by Crippen LogP contribution is -2.44. The molecule has 0 aromatic carbocycles. The Hall–Kier alpha value is -0.820. The van der Waals surface area contributed by atoms with Crippen LogP contribution < -0.4 is 0 Å². The molecule has 0 aliphatic heterocycles. The van der Waals surface area contributed by atoms with Gasteiger partial charge >= 0.3 is 0 Å². The van der Waals surface area contributed by atoms with Gasteiger partial charge in [0.25, 0.3) is 0 Å². The molecule has 156 valence electrons. The van der Waals surface area contributed by atoms with Crippen LogP contribution in [0.25, 0.3) is 0 Å². The molecular weight excluding hydrogens is 340 g/mol. The van der Waals surface area contributed by atoms with Gasteiger partial charge in [0.05, 0.1) is 6.10 Å². The molecule has 0 bridgehead atoms. The molecule has 2 saturated carbocycles. The van der Waals surface area contributed by atoms with Crippen LogP contribution in [0.5, 0.6) is 0 Å². The first kappa shape index (κ1) is 20.5. The molecule has 2 fully saturated rings. The summed E-state index contributed by atoms with van der Waals surface area (Å²) in [5.74, 6) is 3.77. The van der Waals surface area contributed by atoms with Crippen LogP contribution in [0.15, 0.2) is 35.5 Å². The molecule has 1 N–H and O–H groups in total. The fraction of sp³-hybridized carbons (Fsp3) is 0.778. The van der Waals surface area contributed by atoms with Crippen LogP contribution in [0.3, 0.4) is 0 Å². The number of hydrogen-bond donors (Lipinski definition) is 1. The van der Waals surface area contributed by atoms with Gasteiger partial charge < -0.3 is 5.11 Å². The molecule has 0 unspecified atom stereocenters. The van der Waals surface area contributed by atoms with Crippen LogP contribution in [0.2, 0.25) is 0 Å². The second kappa shape index (κ2) is 7.46. The Labute approximate surface area is 173 Å². The molecule has 4 aliphatic rings. The lowest BCUT2D eigenvalue weighted by molar-refractivity contribution is 0.0884. The Kier molecular flexibility index (Phi) is 5.45. The van der Waals surface area contributed by atoms with E-state index in [1.807, 2.05) is 0 Å². The molecule has 0 aromatic heterocycles. The average molecular weight is 383 g/mol. The van der Waals surface area contributed by atoms with E-state index in [1.165, 1.54) is 37.7 Å². The molecule has 0 radical (unpaired) electrons. The van der Waals surface area contributed by atoms with Gasteiger partial charge in [-0.15, -0.1) is 0 Å². The second-order valence-corrected chi connectivity index (χ2v) is 11.4. The van der Waals surface area contributed by atoms with E-state index >= 15 is 0 Å². The third-order valence-electron chi connectivity index (χ3n) is 9.20. The first-order valence-electron chi connectivity index (χ1n) is 12.0. The number of rotatable bonds is 5. The maximum atomic E-state index is 10.2. The topological polar surface area (TPSA) is 20.2 Å². The molecule has 0 saturated heterocycles. The molecule has 4 aliphatic carbocycles. The van der Waals surface area contributed by atoms with Gasteiger partial charge in [-0.3, -0.25) is 0 Å². The molecule has 7 atom stereocenters. The SMILES string of the molecule is CC(C)CCC[C@@H](C)[C@H]1CC[C@H]2C3=CC=C4C[C@@H](O)CC[C@]4(C)[C@H]3C=C[C@]12C. The highest BCUT2D eigenvalue weighted by Gasteiger charge is 2.54. The van der Waals surface area contributed by atoms with Gasteiger partial charge in [-0.05, 0) is 66.6 Å². The normalized spacial score (nSPS) is 43.1. The smallest absolute Gasteiger partial charge is 0.0578 e. The van der Waals surface area contributed by atoms with Gasteiger partial charge in [0.15, 0.2) is 0 Å². The molecule has 0 amide bonds. The zero-order valence-corrected chi connectivity index (χ0v) is 18.9. The maximum Gasteiger partial charge on any atom is 0.0578 e. The van der Waals surface area contributed by atoms with E-state index in [4.69, 9.17) is 0 Å². The van der Waals surface area contributed by atoms with Gasteiger partial charge in [0.1, 0.15) is 0 Å². The Balaban J connectivity index is 1.57. The van der Waals surface area contributed by atoms with Gasteiger partial charge in [-0.2, -0.15) is 0 Å². The minimum Gasteiger partial charge on any atom is -0.393 e. The van der Waals surface area contributed by atoms with Crippen molar-refractivity contribution in [3.8, 4) is 0 Å². The first-order valence-corrected chi connectivity index (χ1v) is 12.0. The maximum absolute atomic E-state index is 10.2. The standard InChI is InChI=1S/C27H42O/c1-18(2)7-6-8-19(3)23-11-12-24-22-10-9-20-17-21(28)13-15-26(20,4)25(22)14-16-27(23,24)5/h9-10,14,16,18-19,21,23-25,28H,6-8,11-13,15,17H2,1-5H3/t19-,21+,23-,24+,25+,26+,27-/m1/s1. The molecule has 4 rings (SSSR count). The lowest BCUT2D eigenvalue weighted by Gasteiger charge is -2.52. The Morgan fingerprint density at radius 1 is 1.07 bits per heavy atom. The van der Waals surface area contributed by atoms with Gasteiger partial charge in [-0.25, -0.2) is 0 Å². The first-order chi connectivity index (χ1) is 13.3. The summed E-state index contributed by atoms with van der Waals surface area (Å²) in [6, 6.07) is 0. The highest BCUT2D eigenvalue weighted by molar-refractivity contribution is 5.43. The number of fused-ring (bicyclic) bond motifs is 5. The monoisotopic (exact) mass is 382 g/mol. The molecule has 1 heteroatoms. The van der Waals surface area contributed by atoms with Crippen molar-refractivity contribution in [1.29, 1.82) is 0 Å². The van der Waals surface area contributed by atoms with Crippen molar-refractivity contribution in [3.05, 3.63) is 35.5 Å². The largest absolute Gasteiger partial charge is 0.393 e. The Bertz CT molecular complexity index is 682. The van der Waals surface area contributed by atoms with Crippen LogP contribution in [-0.2, 0) is 0 Å². The average Bonchev–Trinajstić information content (AvgIpc) is 2.99. The summed E-state index contributed by atoms with van der Waals surface area (Å²) in [6.07, 6.45) is 19.9. The summed E-state index contributed by atoms with van der Waals surface area (Å²) in [4.78, 5) is 0. The molecule has 0 aromatic rings. The highest BCUT2D eigenvalue weighted by Crippen LogP contribution is 2.63. The third kappa shape index (κ3) is 3.26. The van der Waals surface area contributed by atoms with E-state index in [2.05, 4.69) is 58.9 Å². The molecular formula is C27H42O. The van der Waals surface area contributed by atoms with Crippen LogP contribution >= 0.6 is 0 Å². The van der Waals surface area contributed by atoms with Crippen molar-refractivity contribution in [2.45, 2.75) is 92.1 Å². The van der Waals surface area contributed by atoms with E-state index in [0.29, 0.717) is 11.3 Å². The predicted octanol–water partition coefficient (Wildman–Crippen LogP) is 7.08. The van der Waals surface area contributed by atoms with Crippen molar-refractivity contribution in [1.82, 2.24) is 0 Å². The Morgan fingerprint density at radius 3 is 2.61 bits per heavy atom. The van der Waals surface area contributed by atoms with E-state index in [-0.39, 0.29) is 11.5 Å². The lowest BCUT2D eigenvalue weighted by atomic mass is 9.52. The van der Waals surface area contributed by atoms with Crippen LogP contribution in [0, 0.1) is 40.4 Å². The number of hydrogen-bond acceptors (Lipinski definition) is 1. The van der Waals surface area contributed by atoms with Crippen LogP contribution in [0.1, 0.15) is 86.0 Å². The highest BCUT2D eigenvalue weighted by atomic mass is 16.3. The van der Waals surface area contributed by atoms with E-state index in [0.717, 1.165) is 42.9 Å². The minimum absolute atomic E-state index is 0.130. The van der Waals surface area contributed by atoms with E-state index in [1.54, 1.807) is 5.57 Å². The Morgan fingerprint density at radius 2 is 1.86 bits per heavy atom. The van der Waals surface area contributed by atoms with Crippen molar-refractivity contribution >= 4 is 0 Å². The quantitative estimate of drug-likeness (QED) is 0.503. The van der Waals surface area contributed by atoms with E-state index < -0.39 is 0 Å². The van der Waals surface area contributed by atoms with Gasteiger partial charge in [0, 0.05) is 5.92 Å². The summed E-state index contributed by atoms with van der Waals surface area (Å²) in [5.41, 5.74) is 3.78. The number of allylic oxidation sites excluding steroid dienone is 5. The van der Waals surface area contributed by atoms with Crippen molar-refractivity contribution in [3.63, 3.8) is 0 Å². The number of aliphatic hydroxyl groups excluding tert-OH is 1. The second-order valence-electron chi connectivity index (χ2n) is 11.4. The van der Waals surface area contributed by atoms with Crippen molar-refractivity contribution in [2.75, 3.05) is 0 Å². The molecule has 28 heavy (non-hydrogen) atoms. The minimum atomic E-state index is -0.130. The van der Waals surface area contributed by atoms with Crippen molar-refractivity contribution < 1.29 is 5.11 Å². The van der Waals surface area contributed by atoms with Crippen LogP contribution in [0.4, 0.5) is 0 Å². The summed E-state index contributed by atoms with van der Waals surface area (Å²) in [5, 5.41) is 10.2. The zero-order chi connectivity index (χ0) is 20.1. The van der Waals surface area contributed by atoms with Crippen molar-refractivity contribution in [2.24, 2.45) is 40.4 Å². The van der Waals surface area contributed by atoms with Gasteiger partial charge in [0.2, 0.25) is 0 Å². The summed E-state index contributed by atoms with van der Waals surface area (Å²) >= 11 is 0. The fourth-order valence-electron chi connectivity index (χ4n) is 7.40. The number of aliphatic hydroxyl groups is 1. The summed E-state index contributed by atoms with van der Waals surface area (Å²) < 4.78 is 0. The zero-order valence-electron chi connectivity index (χ0n) is 18.9. The van der Waals surface area contributed by atoms with E-state index in [9.17, 15) is 5.11 Å². The molecule has 0 heterocycles. The molecule has 0 spiro atoms. The fourth-order valence-corrected chi connectivity index (χ4v) is 7.40. The molecule has 1 nitrogen and oxygen atoms in total. The third-order valence-corrected chi connectivity index (χ3v) is 9.20. The predicted molar refractivity (Wildman–Crippen MR) is 119 cm³/mol. The van der Waals surface area contributed by atoms with Gasteiger partial charge in [-0.1, -0.05) is 89.3 Å². The summed E-state index contributed by atoms with van der Waals surface area (Å²) in [6.45, 7) is 12.3. The summed E-state index contributed by atoms with van der Waals surface area (Å²) in [7, 11) is 0.